The van der Waals surface area contributed by atoms with E-state index < -0.39 is 5.67 Å². The summed E-state index contributed by atoms with van der Waals surface area (Å²) in [6.45, 7) is 3.67. The maximum Gasteiger partial charge on any atom is 0.145 e. The number of nitrogens with two attached hydrogens (primary N) is 1. The van der Waals surface area contributed by atoms with Crippen LogP contribution in [-0.4, -0.2) is 6.54 Å². The minimum Gasteiger partial charge on any atom is -0.327 e. The molecule has 0 aromatic heterocycles. The normalized spacial score (nSPS) is 15.1. The van der Waals surface area contributed by atoms with Crippen LogP contribution in [0.25, 0.3) is 0 Å². The van der Waals surface area contributed by atoms with Crippen molar-refractivity contribution in [1.29, 1.82) is 0 Å². The third-order valence-electron chi connectivity index (χ3n) is 2.48. The lowest BCUT2D eigenvalue weighted by atomic mass is 9.91. The summed E-state index contributed by atoms with van der Waals surface area (Å²) in [5, 5.41) is 0. The van der Waals surface area contributed by atoms with Crippen LogP contribution in [0.3, 0.4) is 0 Å². The molecule has 1 rings (SSSR count). The van der Waals surface area contributed by atoms with Crippen molar-refractivity contribution >= 4 is 0 Å². The van der Waals surface area contributed by atoms with Gasteiger partial charge in [0.25, 0.3) is 0 Å². The number of aryl methyl sites for hydroxylation is 1. The van der Waals surface area contributed by atoms with E-state index in [2.05, 4.69) is 6.92 Å². The van der Waals surface area contributed by atoms with E-state index in [1.54, 1.807) is 6.92 Å². The van der Waals surface area contributed by atoms with Gasteiger partial charge in [0, 0.05) is 6.54 Å². The van der Waals surface area contributed by atoms with Gasteiger partial charge in [0.05, 0.1) is 0 Å². The van der Waals surface area contributed by atoms with Gasteiger partial charge in [0.15, 0.2) is 0 Å². The lowest BCUT2D eigenvalue weighted by Crippen LogP contribution is -2.27. The highest BCUT2D eigenvalue weighted by Crippen LogP contribution is 2.27. The number of hydrogen-bond donors (Lipinski definition) is 1. The van der Waals surface area contributed by atoms with Crippen LogP contribution in [0.15, 0.2) is 24.3 Å². The number of benzene rings is 1. The second-order valence-electron chi connectivity index (χ2n) is 3.81. The Labute approximate surface area is 85.1 Å². The van der Waals surface area contributed by atoms with Crippen LogP contribution in [0.5, 0.6) is 0 Å². The van der Waals surface area contributed by atoms with Crippen molar-refractivity contribution in [2.24, 2.45) is 5.73 Å². The van der Waals surface area contributed by atoms with Gasteiger partial charge in [-0.15, -0.1) is 0 Å². The largest absolute Gasteiger partial charge is 0.327 e. The molecule has 2 N–H and O–H groups in total. The van der Waals surface area contributed by atoms with Crippen LogP contribution >= 0.6 is 0 Å². The molecule has 14 heavy (non-hydrogen) atoms. The Balaban J connectivity index is 3.06. The summed E-state index contributed by atoms with van der Waals surface area (Å²) in [4.78, 5) is 0. The third-order valence-corrected chi connectivity index (χ3v) is 2.48. The number of rotatable bonds is 4. The summed E-state index contributed by atoms with van der Waals surface area (Å²) in [5.74, 6) is 0. The molecule has 0 saturated heterocycles. The predicted octanol–water partition coefficient (Wildman–Crippen LogP) is 2.78. The monoisotopic (exact) mass is 195 g/mol. The minimum atomic E-state index is -1.40. The number of halogens is 1. The van der Waals surface area contributed by atoms with E-state index in [0.717, 1.165) is 24.0 Å². The standard InChI is InChI=1S/C12H18FN/c1-3-6-10-7-4-5-8-11(10)12(2,13)9-14/h4-5,7-8H,3,6,9,14H2,1-2H3. The molecule has 0 fully saturated rings. The van der Waals surface area contributed by atoms with Crippen molar-refractivity contribution in [3.05, 3.63) is 35.4 Å². The van der Waals surface area contributed by atoms with Gasteiger partial charge in [-0.25, -0.2) is 4.39 Å². The van der Waals surface area contributed by atoms with Crippen LogP contribution < -0.4 is 5.73 Å². The van der Waals surface area contributed by atoms with Crippen molar-refractivity contribution < 1.29 is 4.39 Å². The molecule has 2 heteroatoms. The Kier molecular flexibility index (Phi) is 3.64. The van der Waals surface area contributed by atoms with Crippen molar-refractivity contribution in [3.63, 3.8) is 0 Å². The van der Waals surface area contributed by atoms with Gasteiger partial charge in [0.2, 0.25) is 0 Å². The molecule has 0 radical (unpaired) electrons. The molecule has 1 aromatic rings. The zero-order valence-electron chi connectivity index (χ0n) is 8.89. The molecule has 0 aliphatic heterocycles. The molecule has 0 aliphatic carbocycles. The second-order valence-corrected chi connectivity index (χ2v) is 3.81. The Morgan fingerprint density at radius 1 is 1.36 bits per heavy atom. The first-order chi connectivity index (χ1) is 6.61. The molecule has 0 aliphatic rings. The van der Waals surface area contributed by atoms with Crippen LogP contribution in [0.4, 0.5) is 4.39 Å². The smallest absolute Gasteiger partial charge is 0.145 e. The minimum absolute atomic E-state index is 0.0354. The SMILES string of the molecule is CCCc1ccccc1C(C)(F)CN. The highest BCUT2D eigenvalue weighted by Gasteiger charge is 2.25. The molecular weight excluding hydrogens is 177 g/mol. The maximum absolute atomic E-state index is 14.0. The number of hydrogen-bond acceptors (Lipinski definition) is 1. The molecule has 1 aromatic carbocycles. The van der Waals surface area contributed by atoms with E-state index in [4.69, 9.17) is 5.73 Å². The Hall–Kier alpha value is -0.890. The van der Waals surface area contributed by atoms with Crippen LogP contribution in [-0.2, 0) is 12.1 Å². The van der Waals surface area contributed by atoms with Gasteiger partial charge in [-0.2, -0.15) is 0 Å². The fourth-order valence-corrected chi connectivity index (χ4v) is 1.63. The molecule has 0 heterocycles. The van der Waals surface area contributed by atoms with Crippen molar-refractivity contribution in [2.45, 2.75) is 32.4 Å². The van der Waals surface area contributed by atoms with Crippen LogP contribution in [0.2, 0.25) is 0 Å². The van der Waals surface area contributed by atoms with Gasteiger partial charge in [0.1, 0.15) is 5.67 Å². The van der Waals surface area contributed by atoms with E-state index >= 15 is 0 Å². The average molecular weight is 195 g/mol. The first-order valence-corrected chi connectivity index (χ1v) is 5.09. The topological polar surface area (TPSA) is 26.0 Å². The highest BCUT2D eigenvalue weighted by molar-refractivity contribution is 5.32. The Morgan fingerprint density at radius 3 is 2.57 bits per heavy atom. The summed E-state index contributed by atoms with van der Waals surface area (Å²) < 4.78 is 14.0. The maximum atomic E-state index is 14.0. The first-order valence-electron chi connectivity index (χ1n) is 5.09. The molecule has 0 bridgehead atoms. The van der Waals surface area contributed by atoms with E-state index in [1.807, 2.05) is 24.3 Å². The lowest BCUT2D eigenvalue weighted by molar-refractivity contribution is 0.202. The van der Waals surface area contributed by atoms with Crippen LogP contribution in [0.1, 0.15) is 31.4 Å². The van der Waals surface area contributed by atoms with Gasteiger partial charge in [-0.1, -0.05) is 37.6 Å². The molecule has 0 spiro atoms. The van der Waals surface area contributed by atoms with Crippen LogP contribution in [0, 0.1) is 0 Å². The fraction of sp³-hybridized carbons (Fsp3) is 0.500. The van der Waals surface area contributed by atoms with Crippen molar-refractivity contribution in [2.75, 3.05) is 6.54 Å². The molecule has 1 nitrogen and oxygen atoms in total. The molecule has 78 valence electrons. The van der Waals surface area contributed by atoms with E-state index in [-0.39, 0.29) is 6.54 Å². The zero-order chi connectivity index (χ0) is 10.6. The number of alkyl halides is 1. The average Bonchev–Trinajstić information content (AvgIpc) is 2.19. The third kappa shape index (κ3) is 2.32. The summed E-state index contributed by atoms with van der Waals surface area (Å²) in [6.07, 6.45) is 1.94. The molecule has 1 unspecified atom stereocenters. The lowest BCUT2D eigenvalue weighted by Gasteiger charge is -2.21. The Bertz CT molecular complexity index is 294. The summed E-state index contributed by atoms with van der Waals surface area (Å²) in [5.41, 5.74) is 5.85. The zero-order valence-corrected chi connectivity index (χ0v) is 8.89. The quantitative estimate of drug-likeness (QED) is 0.785. The first kappa shape index (κ1) is 11.2. The molecule has 1 atom stereocenters. The van der Waals surface area contributed by atoms with Gasteiger partial charge in [-0.3, -0.25) is 0 Å². The van der Waals surface area contributed by atoms with Gasteiger partial charge in [-0.05, 0) is 24.5 Å². The highest BCUT2D eigenvalue weighted by atomic mass is 19.1. The molecular formula is C12H18FN. The summed E-state index contributed by atoms with van der Waals surface area (Å²) in [7, 11) is 0. The van der Waals surface area contributed by atoms with E-state index in [0.29, 0.717) is 0 Å². The van der Waals surface area contributed by atoms with Crippen molar-refractivity contribution in [1.82, 2.24) is 0 Å². The molecule has 0 amide bonds. The molecule has 0 saturated carbocycles. The van der Waals surface area contributed by atoms with Gasteiger partial charge >= 0.3 is 0 Å². The van der Waals surface area contributed by atoms with Crippen molar-refractivity contribution in [3.8, 4) is 0 Å². The van der Waals surface area contributed by atoms with E-state index in [9.17, 15) is 4.39 Å². The van der Waals surface area contributed by atoms with E-state index in [1.165, 1.54) is 0 Å². The summed E-state index contributed by atoms with van der Waals surface area (Å²) in [6, 6.07) is 7.62. The summed E-state index contributed by atoms with van der Waals surface area (Å²) >= 11 is 0. The second kappa shape index (κ2) is 4.56. The van der Waals surface area contributed by atoms with Gasteiger partial charge < -0.3 is 5.73 Å². The fourth-order valence-electron chi connectivity index (χ4n) is 1.63. The Morgan fingerprint density at radius 2 is 2.00 bits per heavy atom. The predicted molar refractivity (Wildman–Crippen MR) is 58.0 cm³/mol.